The van der Waals surface area contributed by atoms with Gasteiger partial charge in [-0.3, -0.25) is 14.5 Å². The lowest BCUT2D eigenvalue weighted by molar-refractivity contribution is -0.119. The third-order valence-electron chi connectivity index (χ3n) is 5.21. The van der Waals surface area contributed by atoms with Crippen molar-refractivity contribution >= 4 is 17.4 Å². The standard InChI is InChI=1S/C23H23NO6/c1-13(2)21(25)19-20(14-5-4-6-16(11-14)28-3)24(23(27)22(19)26)15-7-8-17-18(12-15)30-10-9-29-17/h4-8,11-13,20,26H,9-10H2,1-3H3. The fourth-order valence-corrected chi connectivity index (χ4v) is 3.74. The van der Waals surface area contributed by atoms with Crippen LogP contribution < -0.4 is 19.1 Å². The van der Waals surface area contributed by atoms with Crippen LogP contribution in [0.2, 0.25) is 0 Å². The number of fused-ring (bicyclic) bond motifs is 1. The summed E-state index contributed by atoms with van der Waals surface area (Å²) in [5, 5.41) is 10.7. The molecule has 30 heavy (non-hydrogen) atoms. The molecule has 1 amide bonds. The minimum Gasteiger partial charge on any atom is -0.503 e. The van der Waals surface area contributed by atoms with Gasteiger partial charge in [0.15, 0.2) is 23.0 Å². The summed E-state index contributed by atoms with van der Waals surface area (Å²) in [4.78, 5) is 27.5. The Labute approximate surface area is 174 Å². The number of aliphatic hydroxyl groups is 1. The first kappa shape index (κ1) is 19.8. The van der Waals surface area contributed by atoms with Gasteiger partial charge in [-0.15, -0.1) is 0 Å². The fraction of sp³-hybridized carbons (Fsp3) is 0.304. The van der Waals surface area contributed by atoms with Gasteiger partial charge in [0.05, 0.1) is 18.7 Å². The number of Topliss-reactive ketones (excluding diaryl/α,β-unsaturated/α-hetero) is 1. The predicted octanol–water partition coefficient (Wildman–Crippen LogP) is 3.59. The molecule has 0 saturated carbocycles. The van der Waals surface area contributed by atoms with Gasteiger partial charge < -0.3 is 19.3 Å². The Morgan fingerprint density at radius 1 is 1.13 bits per heavy atom. The third-order valence-corrected chi connectivity index (χ3v) is 5.21. The van der Waals surface area contributed by atoms with E-state index in [4.69, 9.17) is 14.2 Å². The Hall–Kier alpha value is -3.48. The molecule has 156 valence electrons. The number of anilines is 1. The van der Waals surface area contributed by atoms with Crippen molar-refractivity contribution in [2.75, 3.05) is 25.2 Å². The predicted molar refractivity (Wildman–Crippen MR) is 110 cm³/mol. The van der Waals surface area contributed by atoms with Gasteiger partial charge in [0.2, 0.25) is 0 Å². The summed E-state index contributed by atoms with van der Waals surface area (Å²) < 4.78 is 16.5. The van der Waals surface area contributed by atoms with Crippen molar-refractivity contribution in [3.05, 3.63) is 59.4 Å². The van der Waals surface area contributed by atoms with E-state index in [0.29, 0.717) is 41.7 Å². The van der Waals surface area contributed by atoms with E-state index in [-0.39, 0.29) is 17.3 Å². The van der Waals surface area contributed by atoms with E-state index in [2.05, 4.69) is 0 Å². The molecule has 7 heteroatoms. The molecular formula is C23H23NO6. The van der Waals surface area contributed by atoms with Gasteiger partial charge in [0.1, 0.15) is 19.0 Å². The highest BCUT2D eigenvalue weighted by atomic mass is 16.6. The Kier molecular flexibility index (Phi) is 5.11. The number of nitrogens with zero attached hydrogens (tertiary/aromatic N) is 1. The number of hydrogen-bond acceptors (Lipinski definition) is 6. The number of methoxy groups -OCH3 is 1. The van der Waals surface area contributed by atoms with Gasteiger partial charge in [-0.2, -0.15) is 0 Å². The van der Waals surface area contributed by atoms with E-state index in [1.165, 1.54) is 4.90 Å². The first-order chi connectivity index (χ1) is 14.4. The van der Waals surface area contributed by atoms with Crippen molar-refractivity contribution in [3.63, 3.8) is 0 Å². The van der Waals surface area contributed by atoms with Crippen molar-refractivity contribution in [1.29, 1.82) is 0 Å². The van der Waals surface area contributed by atoms with Gasteiger partial charge in [-0.1, -0.05) is 26.0 Å². The van der Waals surface area contributed by atoms with Crippen LogP contribution in [0.25, 0.3) is 0 Å². The number of ether oxygens (including phenoxy) is 3. The zero-order valence-corrected chi connectivity index (χ0v) is 17.0. The van der Waals surface area contributed by atoms with Crippen LogP contribution in [0.5, 0.6) is 17.2 Å². The zero-order valence-electron chi connectivity index (χ0n) is 17.0. The molecule has 7 nitrogen and oxygen atoms in total. The van der Waals surface area contributed by atoms with E-state index in [1.807, 2.05) is 0 Å². The SMILES string of the molecule is COc1cccc(C2C(C(=O)C(C)C)=C(O)C(=O)N2c2ccc3c(c2)OCCO3)c1. The molecule has 0 spiro atoms. The van der Waals surface area contributed by atoms with Crippen molar-refractivity contribution in [3.8, 4) is 17.2 Å². The smallest absolute Gasteiger partial charge is 0.294 e. The Bertz CT molecular complexity index is 1040. The number of amides is 1. The van der Waals surface area contributed by atoms with E-state index in [9.17, 15) is 14.7 Å². The summed E-state index contributed by atoms with van der Waals surface area (Å²) in [6, 6.07) is 11.5. The number of carbonyl (C=O) groups is 2. The molecule has 0 radical (unpaired) electrons. The molecule has 2 heterocycles. The number of rotatable bonds is 5. The normalized spacial score (nSPS) is 18.2. The average molecular weight is 409 g/mol. The van der Waals surface area contributed by atoms with Crippen molar-refractivity contribution in [2.45, 2.75) is 19.9 Å². The minimum absolute atomic E-state index is 0.0816. The fourth-order valence-electron chi connectivity index (χ4n) is 3.74. The van der Waals surface area contributed by atoms with Crippen LogP contribution in [-0.4, -0.2) is 37.1 Å². The molecule has 1 N–H and O–H groups in total. The molecular weight excluding hydrogens is 386 g/mol. The highest BCUT2D eigenvalue weighted by Gasteiger charge is 2.45. The summed E-state index contributed by atoms with van der Waals surface area (Å²) in [6.45, 7) is 4.34. The maximum absolute atomic E-state index is 13.1. The van der Waals surface area contributed by atoms with E-state index in [1.54, 1.807) is 63.4 Å². The topological polar surface area (TPSA) is 85.3 Å². The van der Waals surface area contributed by atoms with Gasteiger partial charge in [-0.05, 0) is 29.8 Å². The van der Waals surface area contributed by atoms with Gasteiger partial charge >= 0.3 is 0 Å². The highest BCUT2D eigenvalue weighted by molar-refractivity contribution is 6.17. The monoisotopic (exact) mass is 409 g/mol. The molecule has 0 aromatic heterocycles. The van der Waals surface area contributed by atoms with Gasteiger partial charge in [0.25, 0.3) is 5.91 Å². The molecule has 2 aliphatic heterocycles. The quantitative estimate of drug-likeness (QED) is 0.812. The first-order valence-electron chi connectivity index (χ1n) is 9.77. The van der Waals surface area contributed by atoms with Crippen LogP contribution in [0.1, 0.15) is 25.5 Å². The van der Waals surface area contributed by atoms with E-state index >= 15 is 0 Å². The Morgan fingerprint density at radius 3 is 2.57 bits per heavy atom. The van der Waals surface area contributed by atoms with E-state index in [0.717, 1.165) is 0 Å². The zero-order chi connectivity index (χ0) is 21.4. The lowest BCUT2D eigenvalue weighted by atomic mass is 9.91. The lowest BCUT2D eigenvalue weighted by Gasteiger charge is -2.29. The summed E-state index contributed by atoms with van der Waals surface area (Å²) in [5.41, 5.74) is 1.24. The van der Waals surface area contributed by atoms with Crippen LogP contribution >= 0.6 is 0 Å². The number of ketones is 1. The number of hydrogen-bond donors (Lipinski definition) is 1. The van der Waals surface area contributed by atoms with Crippen molar-refractivity contribution in [1.82, 2.24) is 0 Å². The second-order valence-electron chi connectivity index (χ2n) is 7.46. The number of aliphatic hydroxyl groups excluding tert-OH is 1. The summed E-state index contributed by atoms with van der Waals surface area (Å²) >= 11 is 0. The molecule has 0 bridgehead atoms. The molecule has 0 saturated heterocycles. The lowest BCUT2D eigenvalue weighted by Crippen LogP contribution is -2.31. The second-order valence-corrected chi connectivity index (χ2v) is 7.46. The Balaban J connectivity index is 1.86. The Morgan fingerprint density at radius 2 is 1.87 bits per heavy atom. The van der Waals surface area contributed by atoms with Crippen LogP contribution in [0.15, 0.2) is 53.8 Å². The molecule has 0 aliphatic carbocycles. The maximum atomic E-state index is 13.1. The molecule has 2 aromatic rings. The first-order valence-corrected chi connectivity index (χ1v) is 9.77. The van der Waals surface area contributed by atoms with Crippen LogP contribution in [0.4, 0.5) is 5.69 Å². The molecule has 2 aliphatic rings. The minimum atomic E-state index is -0.787. The van der Waals surface area contributed by atoms with Crippen LogP contribution in [0, 0.1) is 5.92 Å². The molecule has 0 fully saturated rings. The van der Waals surface area contributed by atoms with Crippen molar-refractivity contribution in [2.24, 2.45) is 5.92 Å². The summed E-state index contributed by atoms with van der Waals surface area (Å²) in [5.74, 6) is -0.147. The summed E-state index contributed by atoms with van der Waals surface area (Å²) in [6.07, 6.45) is 0. The van der Waals surface area contributed by atoms with Gasteiger partial charge in [0, 0.05) is 17.7 Å². The molecule has 4 rings (SSSR count). The summed E-state index contributed by atoms with van der Waals surface area (Å²) in [7, 11) is 1.55. The molecule has 2 aromatic carbocycles. The van der Waals surface area contributed by atoms with Gasteiger partial charge in [-0.25, -0.2) is 0 Å². The van der Waals surface area contributed by atoms with Crippen molar-refractivity contribution < 1.29 is 28.9 Å². The molecule has 1 atom stereocenters. The molecule has 1 unspecified atom stereocenters. The van der Waals surface area contributed by atoms with Crippen LogP contribution in [0.3, 0.4) is 0 Å². The van der Waals surface area contributed by atoms with E-state index < -0.39 is 17.7 Å². The highest BCUT2D eigenvalue weighted by Crippen LogP contribution is 2.44. The maximum Gasteiger partial charge on any atom is 0.294 e. The third kappa shape index (κ3) is 3.26. The average Bonchev–Trinajstić information content (AvgIpc) is 3.03. The number of benzene rings is 2. The van der Waals surface area contributed by atoms with Crippen LogP contribution in [-0.2, 0) is 9.59 Å². The second kappa shape index (κ2) is 7.74. The number of carbonyl (C=O) groups excluding carboxylic acids is 2. The largest absolute Gasteiger partial charge is 0.503 e.